The number of aryl methyl sites for hydroxylation is 1. The Balaban J connectivity index is 3.37. The molecule has 0 unspecified atom stereocenters. The summed E-state index contributed by atoms with van der Waals surface area (Å²) >= 11 is 0. The maximum absolute atomic E-state index is 12.7. The number of aromatic nitrogens is 1. The van der Waals surface area contributed by atoms with E-state index in [4.69, 9.17) is 0 Å². The predicted octanol–water partition coefficient (Wildman–Crippen LogP) is 3.06. The van der Waals surface area contributed by atoms with E-state index in [9.17, 15) is 26.7 Å². The molecular weight excluding hydrogens is 273 g/mol. The Morgan fingerprint density at radius 2 is 2.00 bits per heavy atom. The average molecular weight is 283 g/mol. The summed E-state index contributed by atoms with van der Waals surface area (Å²) in [4.78, 5) is 14.3. The van der Waals surface area contributed by atoms with E-state index >= 15 is 0 Å². The summed E-state index contributed by atoms with van der Waals surface area (Å²) < 4.78 is 67.6. The van der Waals surface area contributed by atoms with Gasteiger partial charge in [0.25, 0.3) is 6.43 Å². The SMILES string of the molecule is COC(=O)Cc1nc(C(F)F)c(C)cc1C(F)(F)F. The molecule has 0 saturated heterocycles. The number of pyridine rings is 1. The van der Waals surface area contributed by atoms with Crippen LogP contribution in [0.1, 0.15) is 28.9 Å². The van der Waals surface area contributed by atoms with Gasteiger partial charge in [-0.1, -0.05) is 0 Å². The summed E-state index contributed by atoms with van der Waals surface area (Å²) in [6.45, 7) is 1.10. The molecule has 0 fully saturated rings. The van der Waals surface area contributed by atoms with Crippen LogP contribution in [-0.4, -0.2) is 18.1 Å². The van der Waals surface area contributed by atoms with Crippen molar-refractivity contribution in [3.63, 3.8) is 0 Å². The van der Waals surface area contributed by atoms with Gasteiger partial charge in [0, 0.05) is 0 Å². The number of ether oxygens (including phenoxy) is 1. The fraction of sp³-hybridized carbons (Fsp3) is 0.455. The number of nitrogens with zero attached hydrogens (tertiary/aromatic N) is 1. The van der Waals surface area contributed by atoms with Crippen molar-refractivity contribution in [1.29, 1.82) is 0 Å². The quantitative estimate of drug-likeness (QED) is 0.632. The van der Waals surface area contributed by atoms with Crippen molar-refractivity contribution in [1.82, 2.24) is 4.98 Å². The standard InChI is InChI=1S/C11H10F5NO2/c1-5-3-6(11(14,15)16)7(4-8(18)19-2)17-9(5)10(12)13/h3,10H,4H2,1-2H3. The Kier molecular flexibility index (Phi) is 4.43. The number of carbonyl (C=O) groups excluding carboxylic acids is 1. The molecule has 0 aliphatic carbocycles. The number of rotatable bonds is 3. The zero-order chi connectivity index (χ0) is 14.8. The van der Waals surface area contributed by atoms with Gasteiger partial charge in [0.2, 0.25) is 0 Å². The van der Waals surface area contributed by atoms with Gasteiger partial charge in [-0.2, -0.15) is 13.2 Å². The first kappa shape index (κ1) is 15.3. The molecule has 0 aliphatic heterocycles. The Bertz CT molecular complexity index is 485. The van der Waals surface area contributed by atoms with Crippen molar-refractivity contribution >= 4 is 5.97 Å². The van der Waals surface area contributed by atoms with Crippen LogP contribution in [0.4, 0.5) is 22.0 Å². The second-order valence-corrected chi connectivity index (χ2v) is 3.74. The van der Waals surface area contributed by atoms with Crippen LogP contribution in [0, 0.1) is 6.92 Å². The Labute approximate surface area is 105 Å². The third-order valence-electron chi connectivity index (χ3n) is 2.38. The number of hydrogen-bond donors (Lipinski definition) is 0. The summed E-state index contributed by atoms with van der Waals surface area (Å²) in [5.74, 6) is -0.984. The lowest BCUT2D eigenvalue weighted by Gasteiger charge is -2.14. The summed E-state index contributed by atoms with van der Waals surface area (Å²) in [6, 6.07) is 0.562. The molecule has 0 aromatic carbocycles. The lowest BCUT2D eigenvalue weighted by Crippen LogP contribution is -2.17. The fourth-order valence-electron chi connectivity index (χ4n) is 1.48. The molecule has 1 heterocycles. The van der Waals surface area contributed by atoms with E-state index in [1.54, 1.807) is 0 Å². The Hall–Kier alpha value is -1.73. The zero-order valence-electron chi connectivity index (χ0n) is 10.0. The topological polar surface area (TPSA) is 39.2 Å². The van der Waals surface area contributed by atoms with Crippen LogP contribution in [0.15, 0.2) is 6.07 Å². The van der Waals surface area contributed by atoms with Gasteiger partial charge >= 0.3 is 12.1 Å². The van der Waals surface area contributed by atoms with Gasteiger partial charge in [0.05, 0.1) is 24.8 Å². The Morgan fingerprint density at radius 1 is 1.42 bits per heavy atom. The first-order valence-corrected chi connectivity index (χ1v) is 5.09. The van der Waals surface area contributed by atoms with E-state index in [-0.39, 0.29) is 5.56 Å². The molecule has 0 saturated carbocycles. The minimum Gasteiger partial charge on any atom is -0.469 e. The summed E-state index contributed by atoms with van der Waals surface area (Å²) in [7, 11) is 0.984. The van der Waals surface area contributed by atoms with E-state index in [0.717, 1.165) is 14.0 Å². The van der Waals surface area contributed by atoms with Gasteiger partial charge in [0.1, 0.15) is 5.69 Å². The molecule has 19 heavy (non-hydrogen) atoms. The number of methoxy groups -OCH3 is 1. The number of carbonyl (C=O) groups is 1. The first-order valence-electron chi connectivity index (χ1n) is 5.09. The van der Waals surface area contributed by atoms with E-state index < -0.39 is 41.9 Å². The third kappa shape index (κ3) is 3.62. The molecule has 1 rings (SSSR count). The van der Waals surface area contributed by atoms with Crippen LogP contribution < -0.4 is 0 Å². The second kappa shape index (κ2) is 5.50. The summed E-state index contributed by atoms with van der Waals surface area (Å²) in [6.07, 6.45) is -8.61. The van der Waals surface area contributed by atoms with Gasteiger partial charge < -0.3 is 4.74 Å². The van der Waals surface area contributed by atoms with E-state index in [1.165, 1.54) is 0 Å². The molecule has 0 N–H and O–H groups in total. The van der Waals surface area contributed by atoms with Crippen LogP contribution in [0.25, 0.3) is 0 Å². The lowest BCUT2D eigenvalue weighted by atomic mass is 10.1. The molecule has 0 spiro atoms. The van der Waals surface area contributed by atoms with Crippen LogP contribution in [0.2, 0.25) is 0 Å². The highest BCUT2D eigenvalue weighted by Crippen LogP contribution is 2.34. The normalized spacial score (nSPS) is 11.8. The van der Waals surface area contributed by atoms with Gasteiger partial charge in [-0.3, -0.25) is 9.78 Å². The van der Waals surface area contributed by atoms with Crippen molar-refractivity contribution in [3.05, 3.63) is 28.6 Å². The molecule has 106 valence electrons. The number of alkyl halides is 5. The van der Waals surface area contributed by atoms with Gasteiger partial charge in [0.15, 0.2) is 0 Å². The highest BCUT2D eigenvalue weighted by Gasteiger charge is 2.36. The highest BCUT2D eigenvalue weighted by atomic mass is 19.4. The lowest BCUT2D eigenvalue weighted by molar-refractivity contribution is -0.141. The highest BCUT2D eigenvalue weighted by molar-refractivity contribution is 5.72. The molecule has 0 bridgehead atoms. The number of hydrogen-bond acceptors (Lipinski definition) is 3. The van der Waals surface area contributed by atoms with Crippen LogP contribution in [-0.2, 0) is 22.1 Å². The average Bonchev–Trinajstić information content (AvgIpc) is 2.28. The third-order valence-corrected chi connectivity index (χ3v) is 2.38. The maximum Gasteiger partial charge on any atom is 0.418 e. The van der Waals surface area contributed by atoms with Crippen molar-refractivity contribution in [3.8, 4) is 0 Å². The van der Waals surface area contributed by atoms with Crippen LogP contribution in [0.5, 0.6) is 0 Å². The Morgan fingerprint density at radius 3 is 2.42 bits per heavy atom. The molecule has 3 nitrogen and oxygen atoms in total. The minimum absolute atomic E-state index is 0.282. The molecule has 0 aliphatic rings. The second-order valence-electron chi connectivity index (χ2n) is 3.74. The maximum atomic E-state index is 12.7. The fourth-order valence-corrected chi connectivity index (χ4v) is 1.48. The first-order chi connectivity index (χ1) is 8.66. The van der Waals surface area contributed by atoms with E-state index in [1.807, 2.05) is 0 Å². The number of halogens is 5. The summed E-state index contributed by atoms with van der Waals surface area (Å²) in [5.41, 5.74) is -3.03. The monoisotopic (exact) mass is 283 g/mol. The molecule has 0 amide bonds. The van der Waals surface area contributed by atoms with Gasteiger partial charge in [-0.15, -0.1) is 0 Å². The van der Waals surface area contributed by atoms with Crippen LogP contribution in [0.3, 0.4) is 0 Å². The van der Waals surface area contributed by atoms with Crippen molar-refractivity contribution in [2.24, 2.45) is 0 Å². The van der Waals surface area contributed by atoms with Crippen molar-refractivity contribution in [2.45, 2.75) is 25.9 Å². The molecule has 1 aromatic heterocycles. The molecule has 0 radical (unpaired) electrons. The van der Waals surface area contributed by atoms with Crippen molar-refractivity contribution < 1.29 is 31.5 Å². The van der Waals surface area contributed by atoms with Crippen molar-refractivity contribution in [2.75, 3.05) is 7.11 Å². The molecule has 1 aromatic rings. The molecule has 8 heteroatoms. The van der Waals surface area contributed by atoms with E-state index in [0.29, 0.717) is 6.07 Å². The molecule has 0 atom stereocenters. The largest absolute Gasteiger partial charge is 0.469 e. The minimum atomic E-state index is -4.78. The predicted molar refractivity (Wildman–Crippen MR) is 54.7 cm³/mol. The smallest absolute Gasteiger partial charge is 0.418 e. The van der Waals surface area contributed by atoms with Crippen LogP contribution >= 0.6 is 0 Å². The number of esters is 1. The zero-order valence-corrected chi connectivity index (χ0v) is 10.0. The van der Waals surface area contributed by atoms with Gasteiger partial charge in [-0.25, -0.2) is 8.78 Å². The molecular formula is C11H10F5NO2. The summed E-state index contributed by atoms with van der Waals surface area (Å²) in [5, 5.41) is 0. The van der Waals surface area contributed by atoms with Gasteiger partial charge in [-0.05, 0) is 18.6 Å². The van der Waals surface area contributed by atoms with E-state index in [2.05, 4.69) is 9.72 Å².